The topological polar surface area (TPSA) is 45.7 Å². The second-order valence-electron chi connectivity index (χ2n) is 6.79. The number of nitrogens with one attached hydrogen (secondary N) is 2. The molecular formula is C18H32IN3OS. The van der Waals surface area contributed by atoms with Crippen LogP contribution in [0.15, 0.2) is 22.5 Å². The molecule has 138 valence electrons. The van der Waals surface area contributed by atoms with Crippen molar-refractivity contribution < 1.29 is 4.74 Å². The van der Waals surface area contributed by atoms with Crippen LogP contribution in [0.25, 0.3) is 0 Å². The second-order valence-corrected chi connectivity index (χ2v) is 7.82. The molecular weight excluding hydrogens is 433 g/mol. The number of methoxy groups -OCH3 is 1. The first-order valence-electron chi connectivity index (χ1n) is 8.63. The average Bonchev–Trinajstić information content (AvgIpc) is 3.01. The summed E-state index contributed by atoms with van der Waals surface area (Å²) in [5.41, 5.74) is 0.413. The summed E-state index contributed by atoms with van der Waals surface area (Å²) in [7, 11) is 3.64. The monoisotopic (exact) mass is 465 g/mol. The number of aliphatic imine (C=N–C) groups is 1. The van der Waals surface area contributed by atoms with Gasteiger partial charge in [-0.3, -0.25) is 4.99 Å². The van der Waals surface area contributed by atoms with E-state index in [0.29, 0.717) is 11.3 Å². The average molecular weight is 465 g/mol. The largest absolute Gasteiger partial charge is 0.385 e. The Balaban J connectivity index is 0.00000288. The maximum absolute atomic E-state index is 5.26. The third kappa shape index (κ3) is 6.88. The Kier molecular flexibility index (Phi) is 10.2. The molecule has 1 heterocycles. The summed E-state index contributed by atoms with van der Waals surface area (Å²) < 4.78 is 5.26. The van der Waals surface area contributed by atoms with E-state index < -0.39 is 0 Å². The Hall–Kier alpha value is -0.340. The van der Waals surface area contributed by atoms with Gasteiger partial charge in [-0.1, -0.05) is 19.4 Å². The standard InChI is InChI=1S/C18H31N3OS.HI/c1-15(12-16-6-4-11-23-16)13-20-17(19-2)21-14-18(7-5-8-18)9-10-22-3;/h4,6,11,15H,5,7-10,12-14H2,1-3H3,(H2,19,20,21);1H. The Morgan fingerprint density at radius 3 is 2.75 bits per heavy atom. The van der Waals surface area contributed by atoms with Crippen molar-refractivity contribution >= 4 is 41.3 Å². The molecule has 1 saturated carbocycles. The van der Waals surface area contributed by atoms with Gasteiger partial charge in [-0.05, 0) is 48.5 Å². The highest BCUT2D eigenvalue weighted by molar-refractivity contribution is 14.0. The molecule has 0 spiro atoms. The highest BCUT2D eigenvalue weighted by Crippen LogP contribution is 2.43. The van der Waals surface area contributed by atoms with Gasteiger partial charge in [0.05, 0.1) is 0 Å². The highest BCUT2D eigenvalue weighted by atomic mass is 127. The van der Waals surface area contributed by atoms with Crippen LogP contribution in [0, 0.1) is 11.3 Å². The molecule has 0 radical (unpaired) electrons. The van der Waals surface area contributed by atoms with E-state index in [0.717, 1.165) is 38.5 Å². The molecule has 1 aliphatic rings. The summed E-state index contributed by atoms with van der Waals surface area (Å²) in [6, 6.07) is 4.34. The van der Waals surface area contributed by atoms with E-state index in [1.807, 2.05) is 18.4 Å². The summed E-state index contributed by atoms with van der Waals surface area (Å²) in [5.74, 6) is 1.52. The van der Waals surface area contributed by atoms with Gasteiger partial charge in [0, 0.05) is 38.7 Å². The number of thiophene rings is 1. The normalized spacial score (nSPS) is 17.5. The molecule has 1 aliphatic carbocycles. The van der Waals surface area contributed by atoms with Crippen LogP contribution in [0.4, 0.5) is 0 Å². The van der Waals surface area contributed by atoms with Crippen LogP contribution in [0.5, 0.6) is 0 Å². The van der Waals surface area contributed by atoms with Gasteiger partial charge in [-0.15, -0.1) is 35.3 Å². The molecule has 6 heteroatoms. The summed E-state index contributed by atoms with van der Waals surface area (Å²) in [5, 5.41) is 9.14. The molecule has 24 heavy (non-hydrogen) atoms. The van der Waals surface area contributed by atoms with Gasteiger partial charge < -0.3 is 15.4 Å². The zero-order valence-corrected chi connectivity index (χ0v) is 18.3. The zero-order valence-electron chi connectivity index (χ0n) is 15.1. The zero-order chi connectivity index (χ0) is 16.5. The molecule has 1 aromatic rings. The van der Waals surface area contributed by atoms with E-state index in [4.69, 9.17) is 4.74 Å². The number of ether oxygens (including phenoxy) is 1. The number of hydrogen-bond donors (Lipinski definition) is 2. The maximum Gasteiger partial charge on any atom is 0.191 e. The molecule has 2 N–H and O–H groups in total. The van der Waals surface area contributed by atoms with E-state index in [-0.39, 0.29) is 24.0 Å². The van der Waals surface area contributed by atoms with Crippen LogP contribution >= 0.6 is 35.3 Å². The predicted molar refractivity (Wildman–Crippen MR) is 115 cm³/mol. The van der Waals surface area contributed by atoms with Crippen molar-refractivity contribution in [3.05, 3.63) is 22.4 Å². The van der Waals surface area contributed by atoms with E-state index in [1.165, 1.54) is 24.1 Å². The molecule has 0 amide bonds. The molecule has 0 aromatic carbocycles. The van der Waals surface area contributed by atoms with Crippen molar-refractivity contribution in [1.82, 2.24) is 10.6 Å². The number of halogens is 1. The SMILES string of the molecule is CN=C(NCC(C)Cc1cccs1)NCC1(CCOC)CCC1.I. The van der Waals surface area contributed by atoms with Crippen LogP contribution in [-0.4, -0.2) is 39.8 Å². The van der Waals surface area contributed by atoms with Gasteiger partial charge in [0.25, 0.3) is 0 Å². The van der Waals surface area contributed by atoms with Crippen LogP contribution in [-0.2, 0) is 11.2 Å². The number of nitrogens with zero attached hydrogens (tertiary/aromatic N) is 1. The first-order chi connectivity index (χ1) is 11.2. The minimum Gasteiger partial charge on any atom is -0.385 e. The molecule has 1 fully saturated rings. The van der Waals surface area contributed by atoms with Gasteiger partial charge in [0.15, 0.2) is 5.96 Å². The summed E-state index contributed by atoms with van der Waals surface area (Å²) >= 11 is 1.84. The van der Waals surface area contributed by atoms with Crippen molar-refractivity contribution in [1.29, 1.82) is 0 Å². The fourth-order valence-corrected chi connectivity index (χ4v) is 3.99. The fourth-order valence-electron chi connectivity index (χ4n) is 3.12. The lowest BCUT2D eigenvalue weighted by atomic mass is 9.67. The van der Waals surface area contributed by atoms with Gasteiger partial charge in [-0.25, -0.2) is 0 Å². The lowest BCUT2D eigenvalue weighted by molar-refractivity contribution is 0.0732. The van der Waals surface area contributed by atoms with E-state index in [2.05, 4.69) is 40.1 Å². The molecule has 2 rings (SSSR count). The van der Waals surface area contributed by atoms with Gasteiger partial charge >= 0.3 is 0 Å². The summed E-state index contributed by atoms with van der Waals surface area (Å²) in [6.07, 6.45) is 6.21. The Morgan fingerprint density at radius 2 is 2.21 bits per heavy atom. The molecule has 4 nitrogen and oxygen atoms in total. The van der Waals surface area contributed by atoms with E-state index >= 15 is 0 Å². The van der Waals surface area contributed by atoms with Crippen LogP contribution < -0.4 is 10.6 Å². The van der Waals surface area contributed by atoms with Gasteiger partial charge in [0.2, 0.25) is 0 Å². The predicted octanol–water partition coefficient (Wildman–Crippen LogP) is 3.92. The highest BCUT2D eigenvalue weighted by Gasteiger charge is 2.36. The molecule has 1 aromatic heterocycles. The third-order valence-corrected chi connectivity index (χ3v) is 5.75. The Morgan fingerprint density at radius 1 is 1.42 bits per heavy atom. The lowest BCUT2D eigenvalue weighted by Gasteiger charge is -2.42. The molecule has 1 atom stereocenters. The van der Waals surface area contributed by atoms with E-state index in [9.17, 15) is 0 Å². The molecule has 0 bridgehead atoms. The van der Waals surface area contributed by atoms with Crippen molar-refractivity contribution in [2.24, 2.45) is 16.3 Å². The van der Waals surface area contributed by atoms with Gasteiger partial charge in [0.1, 0.15) is 0 Å². The molecule has 1 unspecified atom stereocenters. The van der Waals surface area contributed by atoms with Crippen molar-refractivity contribution in [3.8, 4) is 0 Å². The smallest absolute Gasteiger partial charge is 0.191 e. The first kappa shape index (κ1) is 21.7. The summed E-state index contributed by atoms with van der Waals surface area (Å²) in [6.45, 7) is 5.08. The van der Waals surface area contributed by atoms with Crippen LogP contribution in [0.1, 0.15) is 37.5 Å². The minimum absolute atomic E-state index is 0. The molecule has 0 aliphatic heterocycles. The van der Waals surface area contributed by atoms with Crippen molar-refractivity contribution in [2.75, 3.05) is 33.9 Å². The number of rotatable bonds is 9. The Labute approximate surface area is 167 Å². The van der Waals surface area contributed by atoms with Crippen molar-refractivity contribution in [2.45, 2.75) is 39.0 Å². The number of hydrogen-bond acceptors (Lipinski definition) is 3. The minimum atomic E-state index is 0. The summed E-state index contributed by atoms with van der Waals surface area (Å²) in [4.78, 5) is 5.82. The lowest BCUT2D eigenvalue weighted by Crippen LogP contribution is -2.47. The van der Waals surface area contributed by atoms with Crippen LogP contribution in [0.2, 0.25) is 0 Å². The van der Waals surface area contributed by atoms with E-state index in [1.54, 1.807) is 7.11 Å². The van der Waals surface area contributed by atoms with Crippen molar-refractivity contribution in [3.63, 3.8) is 0 Å². The van der Waals surface area contributed by atoms with Crippen LogP contribution in [0.3, 0.4) is 0 Å². The Bertz CT molecular complexity index is 475. The third-order valence-electron chi connectivity index (χ3n) is 4.85. The van der Waals surface area contributed by atoms with Gasteiger partial charge in [-0.2, -0.15) is 0 Å². The quantitative estimate of drug-likeness (QED) is 0.330. The number of guanidine groups is 1. The maximum atomic E-state index is 5.26. The first-order valence-corrected chi connectivity index (χ1v) is 9.51. The molecule has 0 saturated heterocycles. The fraction of sp³-hybridized carbons (Fsp3) is 0.722. The second kappa shape index (κ2) is 11.3.